The van der Waals surface area contributed by atoms with Crippen molar-refractivity contribution in [2.24, 2.45) is 17.3 Å². The molecule has 0 amide bonds. The molecule has 6 rings (SSSR count). The topological polar surface area (TPSA) is 65.8 Å². The average Bonchev–Trinajstić information content (AvgIpc) is 3.34. The molecule has 2 saturated carbocycles. The van der Waals surface area contributed by atoms with Crippen LogP contribution in [-0.2, 0) is 4.74 Å². The van der Waals surface area contributed by atoms with E-state index in [2.05, 4.69) is 30.1 Å². The van der Waals surface area contributed by atoms with Crippen LogP contribution in [0.4, 0.5) is 4.39 Å². The SMILES string of the molecule is CN(C)C1CC23CCC4(O2)C2CC=C(C=Cc5cccnc5)C2(C)CCC4(F)CC3C(O)C1O. The number of aromatic nitrogens is 1. The largest absolute Gasteiger partial charge is 0.390 e. The third-order valence-electron chi connectivity index (χ3n) is 10.4. The standard InChI is InChI=1S/C28H37FN2O3/c1-25-10-12-27(29)15-20-23(32)24(33)21(31(2)3)16-26(20)11-13-28(27,34-26)22(25)9-8-19(25)7-6-18-5-4-14-30-17-18/h4-8,14,17,20-24,32-33H,9-13,15-16H2,1-3H3. The fraction of sp³-hybridized carbons (Fsp3) is 0.679. The number of pyridine rings is 1. The highest BCUT2D eigenvalue weighted by molar-refractivity contribution is 5.54. The Hall–Kier alpha value is -1.60. The fourth-order valence-corrected chi connectivity index (χ4v) is 8.51. The van der Waals surface area contributed by atoms with Gasteiger partial charge in [-0.25, -0.2) is 4.39 Å². The van der Waals surface area contributed by atoms with E-state index in [0.29, 0.717) is 25.7 Å². The second-order valence-corrected chi connectivity index (χ2v) is 12.0. The van der Waals surface area contributed by atoms with Crippen molar-refractivity contribution in [3.63, 3.8) is 0 Å². The van der Waals surface area contributed by atoms with E-state index in [1.165, 1.54) is 5.57 Å². The van der Waals surface area contributed by atoms with E-state index >= 15 is 4.39 Å². The molecule has 0 aromatic carbocycles. The maximum Gasteiger partial charge on any atom is 0.140 e. The van der Waals surface area contributed by atoms with Crippen LogP contribution in [0, 0.1) is 17.3 Å². The first-order valence-corrected chi connectivity index (χ1v) is 12.8. The number of alkyl halides is 1. The predicted molar refractivity (Wildman–Crippen MR) is 129 cm³/mol. The molecule has 1 aromatic rings. The molecular formula is C28H37FN2O3. The number of nitrogens with zero attached hydrogens (tertiary/aromatic N) is 2. The number of halogens is 1. The summed E-state index contributed by atoms with van der Waals surface area (Å²) in [6.45, 7) is 2.29. The lowest BCUT2D eigenvalue weighted by atomic mass is 9.52. The van der Waals surface area contributed by atoms with Crippen LogP contribution in [0.1, 0.15) is 57.4 Å². The van der Waals surface area contributed by atoms with E-state index in [1.807, 2.05) is 37.3 Å². The van der Waals surface area contributed by atoms with Crippen LogP contribution in [0.2, 0.25) is 0 Å². The predicted octanol–water partition coefficient (Wildman–Crippen LogP) is 3.91. The molecule has 5 aliphatic rings. The first kappa shape index (κ1) is 22.8. The molecule has 2 N–H and O–H groups in total. The molecule has 9 unspecified atom stereocenters. The number of ether oxygens (including phenoxy) is 1. The Morgan fingerprint density at radius 1 is 1.12 bits per heavy atom. The Balaban J connectivity index is 1.34. The molecule has 6 heteroatoms. The number of hydrogen-bond acceptors (Lipinski definition) is 5. The summed E-state index contributed by atoms with van der Waals surface area (Å²) in [7, 11) is 3.87. The monoisotopic (exact) mass is 468 g/mol. The van der Waals surface area contributed by atoms with Gasteiger partial charge >= 0.3 is 0 Å². The molecule has 2 bridgehead atoms. The molecule has 0 radical (unpaired) electrons. The third-order valence-corrected chi connectivity index (χ3v) is 10.4. The van der Waals surface area contributed by atoms with Gasteiger partial charge in [0, 0.05) is 30.3 Å². The van der Waals surface area contributed by atoms with E-state index in [4.69, 9.17) is 4.74 Å². The zero-order valence-electron chi connectivity index (χ0n) is 20.5. The molecular weight excluding hydrogens is 431 g/mol. The summed E-state index contributed by atoms with van der Waals surface area (Å²) < 4.78 is 24.1. The molecule has 184 valence electrons. The Morgan fingerprint density at radius 3 is 2.68 bits per heavy atom. The highest BCUT2D eigenvalue weighted by Crippen LogP contribution is 2.72. The highest BCUT2D eigenvalue weighted by atomic mass is 19.1. The van der Waals surface area contributed by atoms with Crippen molar-refractivity contribution in [1.82, 2.24) is 9.88 Å². The van der Waals surface area contributed by atoms with Crippen molar-refractivity contribution in [2.45, 2.75) is 87.0 Å². The Morgan fingerprint density at radius 2 is 1.94 bits per heavy atom. The van der Waals surface area contributed by atoms with Crippen LogP contribution < -0.4 is 0 Å². The molecule has 9 atom stereocenters. The maximum atomic E-state index is 17.0. The number of aliphatic hydroxyl groups excluding tert-OH is 2. The van der Waals surface area contributed by atoms with Gasteiger partial charge in [0.1, 0.15) is 11.3 Å². The lowest BCUT2D eigenvalue weighted by Gasteiger charge is -2.64. The molecule has 2 saturated heterocycles. The minimum absolute atomic E-state index is 0.0782. The number of aliphatic hydroxyl groups is 2. The number of allylic oxidation sites excluding steroid dienone is 3. The van der Waals surface area contributed by atoms with Crippen LogP contribution >= 0.6 is 0 Å². The smallest absolute Gasteiger partial charge is 0.140 e. The first-order valence-electron chi connectivity index (χ1n) is 12.8. The van der Waals surface area contributed by atoms with Gasteiger partial charge in [-0.2, -0.15) is 0 Å². The Bertz CT molecular complexity index is 1030. The summed E-state index contributed by atoms with van der Waals surface area (Å²) in [6.07, 6.45) is 12.8. The lowest BCUT2D eigenvalue weighted by Crippen LogP contribution is -2.72. The molecule has 34 heavy (non-hydrogen) atoms. The summed E-state index contributed by atoms with van der Waals surface area (Å²) in [6, 6.07) is 3.79. The summed E-state index contributed by atoms with van der Waals surface area (Å²) in [5.41, 5.74) is -0.657. The van der Waals surface area contributed by atoms with Crippen molar-refractivity contribution in [2.75, 3.05) is 14.1 Å². The summed E-state index contributed by atoms with van der Waals surface area (Å²) >= 11 is 0. The maximum absolute atomic E-state index is 17.0. The fourth-order valence-electron chi connectivity index (χ4n) is 8.51. The quantitative estimate of drug-likeness (QED) is 0.704. The van der Waals surface area contributed by atoms with E-state index in [1.54, 1.807) is 6.20 Å². The lowest BCUT2D eigenvalue weighted by molar-refractivity contribution is -0.315. The average molecular weight is 469 g/mol. The van der Waals surface area contributed by atoms with Gasteiger partial charge in [0.25, 0.3) is 0 Å². The van der Waals surface area contributed by atoms with Gasteiger partial charge < -0.3 is 19.8 Å². The van der Waals surface area contributed by atoms with Crippen molar-refractivity contribution in [3.8, 4) is 0 Å². The highest BCUT2D eigenvalue weighted by Gasteiger charge is 2.77. The van der Waals surface area contributed by atoms with E-state index in [9.17, 15) is 10.2 Å². The minimum atomic E-state index is -1.47. The number of hydrogen-bond donors (Lipinski definition) is 2. The van der Waals surface area contributed by atoms with Crippen LogP contribution in [0.3, 0.4) is 0 Å². The zero-order chi connectivity index (χ0) is 23.9. The van der Waals surface area contributed by atoms with Crippen molar-refractivity contribution in [3.05, 3.63) is 47.8 Å². The summed E-state index contributed by atoms with van der Waals surface area (Å²) in [4.78, 5) is 6.19. The first-order chi connectivity index (χ1) is 16.1. The number of likely N-dealkylation sites (N-methyl/N-ethyl adjacent to an activating group) is 1. The van der Waals surface area contributed by atoms with Gasteiger partial charge in [0.05, 0.1) is 17.8 Å². The van der Waals surface area contributed by atoms with Gasteiger partial charge in [-0.15, -0.1) is 0 Å². The third kappa shape index (κ3) is 2.89. The Labute approximate surface area is 201 Å². The van der Waals surface area contributed by atoms with Gasteiger partial charge in [0.2, 0.25) is 0 Å². The number of fused-ring (bicyclic) bond motifs is 1. The van der Waals surface area contributed by atoms with E-state index in [-0.39, 0.29) is 23.3 Å². The van der Waals surface area contributed by atoms with Crippen LogP contribution in [0.5, 0.6) is 0 Å². The van der Waals surface area contributed by atoms with Gasteiger partial charge in [-0.05, 0) is 81.7 Å². The van der Waals surface area contributed by atoms with Crippen LogP contribution in [0.25, 0.3) is 6.08 Å². The van der Waals surface area contributed by atoms with Crippen molar-refractivity contribution >= 4 is 6.08 Å². The molecule has 2 spiro atoms. The molecule has 3 aliphatic carbocycles. The second-order valence-electron chi connectivity index (χ2n) is 12.0. The molecule has 2 aliphatic heterocycles. The summed E-state index contributed by atoms with van der Waals surface area (Å²) in [5, 5.41) is 22.0. The van der Waals surface area contributed by atoms with Crippen LogP contribution in [0.15, 0.2) is 42.3 Å². The second kappa shape index (κ2) is 7.45. The number of rotatable bonds is 3. The van der Waals surface area contributed by atoms with Crippen molar-refractivity contribution < 1.29 is 19.3 Å². The zero-order valence-corrected chi connectivity index (χ0v) is 20.5. The molecule has 4 fully saturated rings. The molecule has 1 aromatic heterocycles. The van der Waals surface area contributed by atoms with Crippen molar-refractivity contribution in [1.29, 1.82) is 0 Å². The normalized spacial score (nSPS) is 49.6. The van der Waals surface area contributed by atoms with Gasteiger partial charge in [-0.3, -0.25) is 4.98 Å². The van der Waals surface area contributed by atoms with Crippen LogP contribution in [-0.4, -0.2) is 69.3 Å². The Kier molecular flexibility index (Phi) is 5.01. The molecule has 5 nitrogen and oxygen atoms in total. The van der Waals surface area contributed by atoms with E-state index in [0.717, 1.165) is 24.8 Å². The minimum Gasteiger partial charge on any atom is -0.390 e. The van der Waals surface area contributed by atoms with Gasteiger partial charge in [-0.1, -0.05) is 31.2 Å². The van der Waals surface area contributed by atoms with E-state index < -0.39 is 29.1 Å². The molecule has 3 heterocycles. The summed E-state index contributed by atoms with van der Waals surface area (Å²) in [5.74, 6) is -0.280. The van der Waals surface area contributed by atoms with Gasteiger partial charge in [0.15, 0.2) is 0 Å².